The minimum Gasteiger partial charge on any atom is -0.486 e. The first kappa shape index (κ1) is 16.9. The lowest BCUT2D eigenvalue weighted by Gasteiger charge is -2.28. The summed E-state index contributed by atoms with van der Waals surface area (Å²) in [4.78, 5) is 11.1. The standard InChI is InChI=1S/C17H14Cl2FNO3/c1-9(22)21-7-11-8-23-15-6-10(20)5-12(17(15)24-11)16-13(18)3-2-4-14(16)19/h2-6,11H,7-8H2,1H3,(H,21,22). The van der Waals surface area contributed by atoms with E-state index in [1.165, 1.54) is 19.1 Å². The highest BCUT2D eigenvalue weighted by Gasteiger charge is 2.27. The topological polar surface area (TPSA) is 47.6 Å². The monoisotopic (exact) mass is 369 g/mol. The summed E-state index contributed by atoms with van der Waals surface area (Å²) in [6.45, 7) is 1.90. The zero-order chi connectivity index (χ0) is 17.3. The van der Waals surface area contributed by atoms with E-state index in [2.05, 4.69) is 5.32 Å². The molecule has 126 valence electrons. The van der Waals surface area contributed by atoms with Gasteiger partial charge in [-0.1, -0.05) is 29.3 Å². The van der Waals surface area contributed by atoms with Crippen LogP contribution in [0.2, 0.25) is 10.0 Å². The number of fused-ring (bicyclic) bond motifs is 1. The van der Waals surface area contributed by atoms with Gasteiger partial charge < -0.3 is 14.8 Å². The van der Waals surface area contributed by atoms with Gasteiger partial charge in [-0.2, -0.15) is 0 Å². The zero-order valence-electron chi connectivity index (χ0n) is 12.7. The molecule has 1 N–H and O–H groups in total. The third-order valence-corrected chi connectivity index (χ3v) is 4.17. The van der Waals surface area contributed by atoms with Crippen LogP contribution < -0.4 is 14.8 Å². The van der Waals surface area contributed by atoms with Gasteiger partial charge >= 0.3 is 0 Å². The highest BCUT2D eigenvalue weighted by atomic mass is 35.5. The van der Waals surface area contributed by atoms with E-state index in [1.54, 1.807) is 18.2 Å². The van der Waals surface area contributed by atoms with Crippen molar-refractivity contribution >= 4 is 29.1 Å². The van der Waals surface area contributed by atoms with Crippen molar-refractivity contribution in [3.8, 4) is 22.6 Å². The first-order chi connectivity index (χ1) is 11.5. The minimum atomic E-state index is -0.483. The maximum Gasteiger partial charge on any atom is 0.217 e. The molecule has 0 aromatic heterocycles. The summed E-state index contributed by atoms with van der Waals surface area (Å²) in [5.74, 6) is -0.0189. The summed E-state index contributed by atoms with van der Waals surface area (Å²) in [7, 11) is 0. The number of carbonyl (C=O) groups is 1. The van der Waals surface area contributed by atoms with E-state index in [1.807, 2.05) is 0 Å². The van der Waals surface area contributed by atoms with Gasteiger partial charge in [0.2, 0.25) is 5.91 Å². The molecule has 2 aromatic carbocycles. The Kier molecular flexibility index (Phi) is 4.83. The smallest absolute Gasteiger partial charge is 0.217 e. The Bertz CT molecular complexity index is 777. The summed E-state index contributed by atoms with van der Waals surface area (Å²) >= 11 is 12.5. The summed E-state index contributed by atoms with van der Waals surface area (Å²) in [6.07, 6.45) is -0.396. The van der Waals surface area contributed by atoms with E-state index in [9.17, 15) is 9.18 Å². The average molecular weight is 370 g/mol. The Morgan fingerprint density at radius 3 is 2.71 bits per heavy atom. The number of rotatable bonds is 3. The third-order valence-electron chi connectivity index (χ3n) is 3.54. The van der Waals surface area contributed by atoms with Crippen LogP contribution in [0.4, 0.5) is 4.39 Å². The highest BCUT2D eigenvalue weighted by Crippen LogP contribution is 2.46. The van der Waals surface area contributed by atoms with E-state index in [0.717, 1.165) is 0 Å². The van der Waals surface area contributed by atoms with E-state index < -0.39 is 11.9 Å². The van der Waals surface area contributed by atoms with Gasteiger partial charge in [-0.05, 0) is 18.2 Å². The number of carbonyl (C=O) groups excluding carboxylic acids is 1. The van der Waals surface area contributed by atoms with Crippen molar-refractivity contribution in [1.29, 1.82) is 0 Å². The van der Waals surface area contributed by atoms with E-state index in [-0.39, 0.29) is 24.8 Å². The van der Waals surface area contributed by atoms with Crippen LogP contribution in [-0.2, 0) is 4.79 Å². The second-order valence-corrected chi connectivity index (χ2v) is 6.18. The van der Waals surface area contributed by atoms with Crippen molar-refractivity contribution in [3.05, 3.63) is 46.2 Å². The average Bonchev–Trinajstić information content (AvgIpc) is 2.52. The number of hydrogen-bond donors (Lipinski definition) is 1. The number of halogens is 3. The molecule has 0 saturated carbocycles. The molecule has 0 spiro atoms. The van der Waals surface area contributed by atoms with Crippen molar-refractivity contribution in [2.75, 3.05) is 13.2 Å². The molecule has 2 aromatic rings. The van der Waals surface area contributed by atoms with Gasteiger partial charge in [0, 0.05) is 24.1 Å². The molecule has 1 unspecified atom stereocenters. The summed E-state index contributed by atoms with van der Waals surface area (Å²) in [5, 5.41) is 3.42. The number of nitrogens with one attached hydrogen (secondary N) is 1. The molecule has 0 bridgehead atoms. The van der Waals surface area contributed by atoms with Gasteiger partial charge in [0.05, 0.1) is 16.6 Å². The van der Waals surface area contributed by atoms with Gasteiger partial charge in [-0.15, -0.1) is 0 Å². The lowest BCUT2D eigenvalue weighted by atomic mass is 10.0. The van der Waals surface area contributed by atoms with Gasteiger partial charge in [0.1, 0.15) is 18.5 Å². The van der Waals surface area contributed by atoms with Crippen molar-refractivity contribution in [2.24, 2.45) is 0 Å². The fourth-order valence-corrected chi connectivity index (χ4v) is 3.08. The van der Waals surface area contributed by atoms with Crippen LogP contribution in [0, 0.1) is 5.82 Å². The second kappa shape index (κ2) is 6.87. The Balaban J connectivity index is 2.03. The lowest BCUT2D eigenvalue weighted by molar-refractivity contribution is -0.119. The van der Waals surface area contributed by atoms with Crippen molar-refractivity contribution in [1.82, 2.24) is 5.32 Å². The van der Waals surface area contributed by atoms with Gasteiger partial charge in [0.25, 0.3) is 0 Å². The SMILES string of the molecule is CC(=O)NCC1COc2cc(F)cc(-c3c(Cl)cccc3Cl)c2O1. The van der Waals surface area contributed by atoms with Crippen LogP contribution in [0.3, 0.4) is 0 Å². The normalized spacial score (nSPS) is 15.9. The molecule has 0 radical (unpaired) electrons. The molecule has 1 atom stereocenters. The van der Waals surface area contributed by atoms with Gasteiger partial charge in [-0.25, -0.2) is 4.39 Å². The number of hydrogen-bond acceptors (Lipinski definition) is 3. The van der Waals surface area contributed by atoms with E-state index in [4.69, 9.17) is 32.7 Å². The van der Waals surface area contributed by atoms with Crippen LogP contribution in [0.5, 0.6) is 11.5 Å². The van der Waals surface area contributed by atoms with Crippen molar-refractivity contribution in [2.45, 2.75) is 13.0 Å². The van der Waals surface area contributed by atoms with E-state index >= 15 is 0 Å². The molecule has 0 fully saturated rings. The molecular weight excluding hydrogens is 356 g/mol. The largest absolute Gasteiger partial charge is 0.486 e. The third kappa shape index (κ3) is 3.42. The molecule has 1 aliphatic heterocycles. The molecule has 7 heteroatoms. The Morgan fingerprint density at radius 1 is 1.33 bits per heavy atom. The zero-order valence-corrected chi connectivity index (χ0v) is 14.2. The van der Waals surface area contributed by atoms with Crippen LogP contribution >= 0.6 is 23.2 Å². The summed E-state index contributed by atoms with van der Waals surface area (Å²) in [5.41, 5.74) is 0.883. The predicted molar refractivity (Wildman–Crippen MR) is 90.5 cm³/mol. The maximum absolute atomic E-state index is 14.0. The minimum absolute atomic E-state index is 0.169. The summed E-state index contributed by atoms with van der Waals surface area (Å²) < 4.78 is 25.5. The van der Waals surface area contributed by atoms with Gasteiger partial charge in [0.15, 0.2) is 11.5 Å². The quantitative estimate of drug-likeness (QED) is 0.886. The molecule has 3 rings (SSSR count). The molecule has 4 nitrogen and oxygen atoms in total. The highest BCUT2D eigenvalue weighted by molar-refractivity contribution is 6.39. The molecule has 1 heterocycles. The molecule has 0 aliphatic carbocycles. The predicted octanol–water partition coefficient (Wildman–Crippen LogP) is 4.08. The number of ether oxygens (including phenoxy) is 2. The Labute approximate surface area is 148 Å². The fourth-order valence-electron chi connectivity index (χ4n) is 2.48. The molecule has 0 saturated heterocycles. The maximum atomic E-state index is 14.0. The Morgan fingerprint density at radius 2 is 2.04 bits per heavy atom. The second-order valence-electron chi connectivity index (χ2n) is 5.37. The summed E-state index contributed by atoms with van der Waals surface area (Å²) in [6, 6.07) is 7.59. The van der Waals surface area contributed by atoms with Gasteiger partial charge in [-0.3, -0.25) is 4.79 Å². The van der Waals surface area contributed by atoms with Crippen LogP contribution in [0.15, 0.2) is 30.3 Å². The molecule has 24 heavy (non-hydrogen) atoms. The van der Waals surface area contributed by atoms with Crippen LogP contribution in [-0.4, -0.2) is 25.2 Å². The number of benzene rings is 2. The Hall–Kier alpha value is -1.98. The molecule has 1 amide bonds. The van der Waals surface area contributed by atoms with Crippen LogP contribution in [0.25, 0.3) is 11.1 Å². The first-order valence-corrected chi connectivity index (χ1v) is 8.03. The first-order valence-electron chi connectivity index (χ1n) is 7.27. The fraction of sp³-hybridized carbons (Fsp3) is 0.235. The molecule has 1 aliphatic rings. The number of amides is 1. The van der Waals surface area contributed by atoms with E-state index in [0.29, 0.717) is 26.9 Å². The lowest BCUT2D eigenvalue weighted by Crippen LogP contribution is -2.40. The molecular formula is C17H14Cl2FNO3. The van der Waals surface area contributed by atoms with Crippen molar-refractivity contribution < 1.29 is 18.7 Å². The van der Waals surface area contributed by atoms with Crippen molar-refractivity contribution in [3.63, 3.8) is 0 Å². The van der Waals surface area contributed by atoms with Crippen LogP contribution in [0.1, 0.15) is 6.92 Å².